The predicted molar refractivity (Wildman–Crippen MR) is 124 cm³/mol. The minimum Gasteiger partial charge on any atom is -0.480 e. The Kier molecular flexibility index (Phi) is 11.3. The number of hydrogen-bond acceptors (Lipinski definition) is 7. The Bertz CT molecular complexity index is 937. The van der Waals surface area contributed by atoms with Gasteiger partial charge in [0.05, 0.1) is 18.9 Å². The van der Waals surface area contributed by atoms with Gasteiger partial charge in [0, 0.05) is 6.42 Å². The molecular weight excluding hydrogens is 460 g/mol. The second-order valence-electron chi connectivity index (χ2n) is 8.33. The largest absolute Gasteiger partial charge is 0.480 e. The molecule has 1 rings (SSSR count). The van der Waals surface area contributed by atoms with E-state index in [1.807, 2.05) is 0 Å². The smallest absolute Gasteiger partial charge is 0.326 e. The zero-order valence-electron chi connectivity index (χ0n) is 19.5. The van der Waals surface area contributed by atoms with E-state index in [1.54, 1.807) is 44.2 Å². The number of benzene rings is 1. The maximum Gasteiger partial charge on any atom is 0.326 e. The monoisotopic (exact) mass is 492 g/mol. The summed E-state index contributed by atoms with van der Waals surface area (Å²) >= 11 is 0. The number of nitrogens with one attached hydrogen (secondary N) is 3. The lowest BCUT2D eigenvalue weighted by molar-refractivity contribution is -0.144. The highest BCUT2D eigenvalue weighted by Gasteiger charge is 2.32. The van der Waals surface area contributed by atoms with Crippen molar-refractivity contribution >= 4 is 35.5 Å². The van der Waals surface area contributed by atoms with Crippen LogP contribution < -0.4 is 33.2 Å². The predicted octanol–water partition coefficient (Wildman–Crippen LogP) is -2.50. The molecule has 192 valence electrons. The van der Waals surface area contributed by atoms with Gasteiger partial charge >= 0.3 is 5.97 Å². The Balaban J connectivity index is 3.08. The number of hydrogen-bond donors (Lipinski definition) is 7. The first-order valence-electron chi connectivity index (χ1n) is 10.8. The van der Waals surface area contributed by atoms with Gasteiger partial charge in [-0.25, -0.2) is 4.79 Å². The van der Waals surface area contributed by atoms with Crippen molar-refractivity contribution in [3.8, 4) is 0 Å². The summed E-state index contributed by atoms with van der Waals surface area (Å²) in [5.41, 5.74) is 16.5. The number of carboxylic acid groups (broad SMARTS) is 1. The van der Waals surface area contributed by atoms with Crippen LogP contribution >= 0.6 is 0 Å². The molecular formula is C22H32N6O7. The molecule has 0 saturated carbocycles. The van der Waals surface area contributed by atoms with Crippen LogP contribution in [0, 0.1) is 5.92 Å². The first-order chi connectivity index (χ1) is 16.3. The van der Waals surface area contributed by atoms with Crippen LogP contribution in [0.15, 0.2) is 30.3 Å². The summed E-state index contributed by atoms with van der Waals surface area (Å²) in [6, 6.07) is 3.44. The molecule has 10 N–H and O–H groups in total. The van der Waals surface area contributed by atoms with Gasteiger partial charge in [-0.15, -0.1) is 0 Å². The van der Waals surface area contributed by atoms with Gasteiger partial charge in [-0.3, -0.25) is 24.0 Å². The third-order valence-electron chi connectivity index (χ3n) is 4.94. The molecule has 0 fully saturated rings. The molecule has 0 aliphatic carbocycles. The minimum atomic E-state index is -1.58. The van der Waals surface area contributed by atoms with E-state index in [2.05, 4.69) is 16.0 Å². The van der Waals surface area contributed by atoms with E-state index < -0.39 is 78.4 Å². The van der Waals surface area contributed by atoms with Gasteiger partial charge in [-0.1, -0.05) is 44.2 Å². The Morgan fingerprint density at radius 1 is 0.800 bits per heavy atom. The standard InChI is InChI=1S/C22H32N6O7/c1-11(2)18(21(33)27-15(22(34)35)10-17(25)30)28-20(32)14(8-12-6-4-3-5-7-12)26-19(31)13(23)9-16(24)29/h3-7,11,13-15,18H,8-10,23H2,1-2H3,(H2,24,29)(H2,25,30)(H,26,31)(H,27,33)(H,28,32)(H,34,35). The number of aliphatic carboxylic acids is 1. The maximum atomic E-state index is 13.1. The van der Waals surface area contributed by atoms with E-state index >= 15 is 0 Å². The molecule has 0 radical (unpaired) electrons. The van der Waals surface area contributed by atoms with E-state index in [4.69, 9.17) is 17.2 Å². The summed E-state index contributed by atoms with van der Waals surface area (Å²) in [5.74, 6) is -6.08. The number of carbonyl (C=O) groups excluding carboxylic acids is 5. The van der Waals surface area contributed by atoms with E-state index in [0.717, 1.165) is 0 Å². The van der Waals surface area contributed by atoms with Crippen LogP contribution in [0.25, 0.3) is 0 Å². The highest BCUT2D eigenvalue weighted by Crippen LogP contribution is 2.08. The normalized spacial score (nSPS) is 14.2. The van der Waals surface area contributed by atoms with E-state index in [0.29, 0.717) is 5.56 Å². The van der Waals surface area contributed by atoms with Crippen LogP contribution in [0.1, 0.15) is 32.3 Å². The third kappa shape index (κ3) is 10.2. The molecule has 0 spiro atoms. The van der Waals surface area contributed by atoms with Crippen molar-refractivity contribution in [3.63, 3.8) is 0 Å². The summed E-state index contributed by atoms with van der Waals surface area (Å²) in [7, 11) is 0. The molecule has 5 amide bonds. The van der Waals surface area contributed by atoms with Crippen LogP contribution in [0.4, 0.5) is 0 Å². The van der Waals surface area contributed by atoms with Crippen molar-refractivity contribution in [2.75, 3.05) is 0 Å². The first-order valence-corrected chi connectivity index (χ1v) is 10.8. The molecule has 0 bridgehead atoms. The molecule has 0 heterocycles. The molecule has 0 saturated heterocycles. The molecule has 0 aliphatic rings. The van der Waals surface area contributed by atoms with Crippen LogP contribution in [0.3, 0.4) is 0 Å². The fourth-order valence-corrected chi connectivity index (χ4v) is 3.10. The summed E-state index contributed by atoms with van der Waals surface area (Å²) in [6.07, 6.45) is -1.03. The number of carboxylic acids is 1. The van der Waals surface area contributed by atoms with E-state index in [9.17, 15) is 33.9 Å². The van der Waals surface area contributed by atoms with Gasteiger partial charge in [0.1, 0.15) is 18.1 Å². The molecule has 35 heavy (non-hydrogen) atoms. The van der Waals surface area contributed by atoms with E-state index in [-0.39, 0.29) is 6.42 Å². The number of carbonyl (C=O) groups is 6. The fraction of sp³-hybridized carbons (Fsp3) is 0.455. The highest BCUT2D eigenvalue weighted by atomic mass is 16.4. The Labute approximate surface area is 202 Å². The maximum absolute atomic E-state index is 13.1. The SMILES string of the molecule is CC(C)C(NC(=O)C(Cc1ccccc1)NC(=O)C(N)CC(N)=O)C(=O)NC(CC(N)=O)C(=O)O. The van der Waals surface area contributed by atoms with Crippen molar-refractivity contribution in [1.82, 2.24) is 16.0 Å². The molecule has 1 aromatic rings. The van der Waals surface area contributed by atoms with Gasteiger partial charge < -0.3 is 38.3 Å². The molecule has 0 aromatic heterocycles. The Morgan fingerprint density at radius 2 is 1.34 bits per heavy atom. The number of amides is 5. The number of rotatable bonds is 14. The summed E-state index contributed by atoms with van der Waals surface area (Å²) in [4.78, 5) is 71.9. The molecule has 0 aliphatic heterocycles. The van der Waals surface area contributed by atoms with Crippen molar-refractivity contribution < 1.29 is 33.9 Å². The van der Waals surface area contributed by atoms with Crippen molar-refractivity contribution in [3.05, 3.63) is 35.9 Å². The molecule has 13 nitrogen and oxygen atoms in total. The van der Waals surface area contributed by atoms with Gasteiger partial charge in [0.25, 0.3) is 0 Å². The molecule has 4 atom stereocenters. The highest BCUT2D eigenvalue weighted by molar-refractivity contribution is 5.95. The van der Waals surface area contributed by atoms with Gasteiger partial charge in [0.2, 0.25) is 29.5 Å². The lowest BCUT2D eigenvalue weighted by atomic mass is 10.00. The molecule has 4 unspecified atom stereocenters. The van der Waals surface area contributed by atoms with Crippen molar-refractivity contribution in [2.24, 2.45) is 23.1 Å². The number of nitrogens with two attached hydrogens (primary N) is 3. The van der Waals surface area contributed by atoms with Crippen molar-refractivity contribution in [2.45, 2.75) is 57.3 Å². The van der Waals surface area contributed by atoms with Gasteiger partial charge in [-0.2, -0.15) is 0 Å². The van der Waals surface area contributed by atoms with E-state index in [1.165, 1.54) is 0 Å². The first kappa shape index (κ1) is 29.0. The fourth-order valence-electron chi connectivity index (χ4n) is 3.10. The minimum absolute atomic E-state index is 0.0353. The second kappa shape index (κ2) is 13.6. The second-order valence-corrected chi connectivity index (χ2v) is 8.33. The van der Waals surface area contributed by atoms with Crippen molar-refractivity contribution in [1.29, 1.82) is 0 Å². The average Bonchev–Trinajstić information content (AvgIpc) is 2.75. The zero-order chi connectivity index (χ0) is 26.7. The van der Waals surface area contributed by atoms with Crippen LogP contribution in [-0.4, -0.2) is 64.8 Å². The summed E-state index contributed by atoms with van der Waals surface area (Å²) in [5, 5.41) is 16.4. The van der Waals surface area contributed by atoms with Gasteiger partial charge in [-0.05, 0) is 11.5 Å². The number of primary amides is 2. The average molecular weight is 493 g/mol. The molecule has 1 aromatic carbocycles. The molecule has 13 heteroatoms. The Morgan fingerprint density at radius 3 is 1.83 bits per heavy atom. The summed E-state index contributed by atoms with van der Waals surface area (Å²) in [6.45, 7) is 3.23. The lowest BCUT2D eigenvalue weighted by Gasteiger charge is -2.27. The Hall–Kier alpha value is -4.00. The summed E-state index contributed by atoms with van der Waals surface area (Å²) < 4.78 is 0. The quantitative estimate of drug-likeness (QED) is 0.146. The van der Waals surface area contributed by atoms with Gasteiger partial charge in [0.15, 0.2) is 0 Å². The van der Waals surface area contributed by atoms with Crippen LogP contribution in [-0.2, 0) is 35.2 Å². The topological polar surface area (TPSA) is 237 Å². The lowest BCUT2D eigenvalue weighted by Crippen LogP contribution is -2.59. The van der Waals surface area contributed by atoms with Crippen LogP contribution in [0.2, 0.25) is 0 Å². The third-order valence-corrected chi connectivity index (χ3v) is 4.94. The van der Waals surface area contributed by atoms with Crippen LogP contribution in [0.5, 0.6) is 0 Å². The zero-order valence-corrected chi connectivity index (χ0v) is 19.5.